The number of carbonyl (C=O) groups excluding carboxylic acids is 2. The molecule has 0 unspecified atom stereocenters. The Hall–Kier alpha value is -2.88. The van der Waals surface area contributed by atoms with Gasteiger partial charge in [-0.3, -0.25) is 9.59 Å². The Labute approximate surface area is 203 Å². The van der Waals surface area contributed by atoms with Crippen molar-refractivity contribution in [3.63, 3.8) is 0 Å². The zero-order valence-corrected chi connectivity index (χ0v) is 21.2. The number of ketones is 2. The molecule has 182 valence electrons. The first-order chi connectivity index (χ1) is 16.5. The van der Waals surface area contributed by atoms with Gasteiger partial charge in [0.15, 0.2) is 23.1 Å². The topological polar surface area (TPSA) is 52.6 Å². The van der Waals surface area contributed by atoms with Gasteiger partial charge in [0.2, 0.25) is 0 Å². The molecule has 0 atom stereocenters. The summed E-state index contributed by atoms with van der Waals surface area (Å²) in [5.41, 5.74) is 1.29. The quantitative estimate of drug-likeness (QED) is 0.137. The lowest BCUT2D eigenvalue weighted by atomic mass is 9.95. The highest BCUT2D eigenvalue weighted by Gasteiger charge is 2.19. The Morgan fingerprint density at radius 2 is 1.00 bits per heavy atom. The lowest BCUT2D eigenvalue weighted by Gasteiger charge is -2.19. The van der Waals surface area contributed by atoms with Gasteiger partial charge in [0, 0.05) is 21.9 Å². The van der Waals surface area contributed by atoms with Crippen molar-refractivity contribution in [1.82, 2.24) is 0 Å². The van der Waals surface area contributed by atoms with Crippen LogP contribution in [0.1, 0.15) is 99.8 Å². The Bertz CT molecular complexity index is 1050. The van der Waals surface area contributed by atoms with E-state index < -0.39 is 0 Å². The molecule has 0 aliphatic heterocycles. The highest BCUT2D eigenvalue weighted by Crippen LogP contribution is 2.44. The number of carbonyl (C=O) groups is 2. The second-order valence-electron chi connectivity index (χ2n) is 9.11. The third-order valence-electron chi connectivity index (χ3n) is 6.33. The highest BCUT2D eigenvalue weighted by atomic mass is 16.5. The molecule has 3 aromatic carbocycles. The number of hydrogen-bond acceptors (Lipinski definition) is 4. The van der Waals surface area contributed by atoms with Crippen LogP contribution >= 0.6 is 0 Å². The van der Waals surface area contributed by atoms with Gasteiger partial charge in [0.1, 0.15) is 0 Å². The zero-order valence-electron chi connectivity index (χ0n) is 21.2. The molecule has 34 heavy (non-hydrogen) atoms. The van der Waals surface area contributed by atoms with E-state index in [-0.39, 0.29) is 11.6 Å². The molecule has 0 fully saturated rings. The summed E-state index contributed by atoms with van der Waals surface area (Å²) < 4.78 is 12.8. The van der Waals surface area contributed by atoms with Crippen LogP contribution in [0.5, 0.6) is 11.5 Å². The molecule has 0 aliphatic rings. The molecular formula is C30H38O4. The van der Waals surface area contributed by atoms with Crippen molar-refractivity contribution >= 4 is 33.1 Å². The fourth-order valence-corrected chi connectivity index (χ4v) is 4.31. The number of benzene rings is 3. The molecule has 0 aromatic heterocycles. The first kappa shape index (κ1) is 25.7. The molecule has 0 saturated carbocycles. The maximum Gasteiger partial charge on any atom is 0.169 e. The predicted octanol–water partition coefficient (Wildman–Crippen LogP) is 8.32. The van der Waals surface area contributed by atoms with E-state index in [0.717, 1.165) is 58.7 Å². The van der Waals surface area contributed by atoms with Crippen molar-refractivity contribution in [2.24, 2.45) is 0 Å². The van der Waals surface area contributed by atoms with E-state index in [1.54, 1.807) is 13.8 Å². The molecule has 3 rings (SSSR count). The molecule has 0 heterocycles. The Balaban J connectivity index is 2.15. The average Bonchev–Trinajstić information content (AvgIpc) is 2.83. The van der Waals surface area contributed by atoms with Crippen molar-refractivity contribution in [2.45, 2.75) is 79.1 Å². The SMILES string of the molecule is CCCCCCOc1c(OCCCCCC)c2ccc(C(C)=O)cc2c2cc(C(C)=O)ccc12. The summed E-state index contributed by atoms with van der Waals surface area (Å²) in [6, 6.07) is 11.4. The van der Waals surface area contributed by atoms with Crippen molar-refractivity contribution in [3.05, 3.63) is 47.5 Å². The van der Waals surface area contributed by atoms with Crippen LogP contribution in [0.15, 0.2) is 36.4 Å². The second-order valence-corrected chi connectivity index (χ2v) is 9.11. The van der Waals surface area contributed by atoms with E-state index >= 15 is 0 Å². The van der Waals surface area contributed by atoms with Gasteiger partial charge in [-0.25, -0.2) is 0 Å². The molecule has 0 saturated heterocycles. The molecule has 0 spiro atoms. The smallest absolute Gasteiger partial charge is 0.169 e. The Kier molecular flexibility index (Phi) is 9.50. The van der Waals surface area contributed by atoms with Crippen LogP contribution in [0.4, 0.5) is 0 Å². The highest BCUT2D eigenvalue weighted by molar-refractivity contribution is 6.17. The second kappa shape index (κ2) is 12.5. The van der Waals surface area contributed by atoms with Crippen LogP contribution in [0, 0.1) is 0 Å². The lowest BCUT2D eigenvalue weighted by Crippen LogP contribution is -2.05. The van der Waals surface area contributed by atoms with E-state index in [4.69, 9.17) is 9.47 Å². The number of unbranched alkanes of at least 4 members (excludes halogenated alkanes) is 6. The summed E-state index contributed by atoms with van der Waals surface area (Å²) in [4.78, 5) is 24.3. The maximum atomic E-state index is 12.1. The van der Waals surface area contributed by atoms with Crippen LogP contribution in [0.2, 0.25) is 0 Å². The Morgan fingerprint density at radius 3 is 1.35 bits per heavy atom. The van der Waals surface area contributed by atoms with E-state index in [9.17, 15) is 9.59 Å². The summed E-state index contributed by atoms with van der Waals surface area (Å²) in [7, 11) is 0. The first-order valence-electron chi connectivity index (χ1n) is 12.8. The molecule has 0 radical (unpaired) electrons. The Morgan fingerprint density at radius 1 is 0.588 bits per heavy atom. The molecule has 3 aromatic rings. The van der Waals surface area contributed by atoms with Gasteiger partial charge in [-0.05, 0) is 61.7 Å². The van der Waals surface area contributed by atoms with Crippen molar-refractivity contribution in [1.29, 1.82) is 0 Å². The molecule has 4 heteroatoms. The van der Waals surface area contributed by atoms with E-state index in [2.05, 4.69) is 13.8 Å². The molecular weight excluding hydrogens is 424 g/mol. The minimum atomic E-state index is 0.0102. The van der Waals surface area contributed by atoms with Gasteiger partial charge in [-0.2, -0.15) is 0 Å². The van der Waals surface area contributed by atoms with Crippen LogP contribution in [0.25, 0.3) is 21.5 Å². The summed E-state index contributed by atoms with van der Waals surface area (Å²) in [6.45, 7) is 8.78. The lowest BCUT2D eigenvalue weighted by molar-refractivity contribution is 0.100. The van der Waals surface area contributed by atoms with Crippen LogP contribution in [-0.4, -0.2) is 24.8 Å². The number of hydrogen-bond donors (Lipinski definition) is 0. The monoisotopic (exact) mass is 462 g/mol. The number of ether oxygens (including phenoxy) is 2. The largest absolute Gasteiger partial charge is 0.489 e. The normalized spacial score (nSPS) is 11.2. The third-order valence-corrected chi connectivity index (χ3v) is 6.33. The van der Waals surface area contributed by atoms with Crippen molar-refractivity contribution < 1.29 is 19.1 Å². The van der Waals surface area contributed by atoms with Gasteiger partial charge in [-0.15, -0.1) is 0 Å². The van der Waals surface area contributed by atoms with Crippen LogP contribution < -0.4 is 9.47 Å². The van der Waals surface area contributed by atoms with E-state index in [1.807, 2.05) is 36.4 Å². The molecule has 0 N–H and O–H groups in total. The summed E-state index contributed by atoms with van der Waals surface area (Å²) in [5, 5.41) is 3.65. The molecule has 0 bridgehead atoms. The van der Waals surface area contributed by atoms with Gasteiger partial charge >= 0.3 is 0 Å². The summed E-state index contributed by atoms with van der Waals surface area (Å²) in [6.07, 6.45) is 8.97. The average molecular weight is 463 g/mol. The fourth-order valence-electron chi connectivity index (χ4n) is 4.31. The predicted molar refractivity (Wildman–Crippen MR) is 141 cm³/mol. The van der Waals surface area contributed by atoms with E-state index in [0.29, 0.717) is 24.3 Å². The van der Waals surface area contributed by atoms with Gasteiger partial charge in [0.25, 0.3) is 0 Å². The maximum absolute atomic E-state index is 12.1. The standard InChI is InChI=1S/C30H38O4/c1-5-7-9-11-17-33-29-25-15-13-23(21(3)31)19-27(25)28-20-24(22(4)32)14-16-26(28)30(29)34-18-12-10-8-6-2/h13-16,19-20H,5-12,17-18H2,1-4H3. The van der Waals surface area contributed by atoms with Crippen LogP contribution in [-0.2, 0) is 0 Å². The minimum absolute atomic E-state index is 0.0102. The van der Waals surface area contributed by atoms with E-state index in [1.165, 1.54) is 25.7 Å². The number of Topliss-reactive ketones (excluding diaryl/α,β-unsaturated/α-hetero) is 2. The van der Waals surface area contributed by atoms with Gasteiger partial charge in [0.05, 0.1) is 13.2 Å². The summed E-state index contributed by atoms with van der Waals surface area (Å²) in [5.74, 6) is 1.49. The van der Waals surface area contributed by atoms with Crippen molar-refractivity contribution in [2.75, 3.05) is 13.2 Å². The van der Waals surface area contributed by atoms with Gasteiger partial charge in [-0.1, -0.05) is 64.5 Å². The van der Waals surface area contributed by atoms with Gasteiger partial charge < -0.3 is 9.47 Å². The fraction of sp³-hybridized carbons (Fsp3) is 0.467. The number of fused-ring (bicyclic) bond motifs is 3. The third kappa shape index (κ3) is 6.16. The zero-order chi connectivity index (χ0) is 24.5. The number of rotatable bonds is 14. The first-order valence-corrected chi connectivity index (χ1v) is 12.8. The minimum Gasteiger partial charge on any atom is -0.489 e. The molecule has 4 nitrogen and oxygen atoms in total. The molecule has 0 amide bonds. The molecule has 0 aliphatic carbocycles. The summed E-state index contributed by atoms with van der Waals surface area (Å²) >= 11 is 0. The van der Waals surface area contributed by atoms with Crippen LogP contribution in [0.3, 0.4) is 0 Å². The van der Waals surface area contributed by atoms with Crippen molar-refractivity contribution in [3.8, 4) is 11.5 Å².